The van der Waals surface area contributed by atoms with E-state index in [2.05, 4.69) is 0 Å². The largest absolute Gasteiger partial charge is 0.371 e. The Morgan fingerprint density at radius 1 is 1.44 bits per heavy atom. The molecule has 2 N–H and O–H groups in total. The Labute approximate surface area is 95.0 Å². The van der Waals surface area contributed by atoms with Crippen molar-refractivity contribution in [1.82, 2.24) is 4.90 Å². The predicted octanol–water partition coefficient (Wildman–Crippen LogP) is 0.545. The summed E-state index contributed by atoms with van der Waals surface area (Å²) >= 11 is 0. The zero-order chi connectivity index (χ0) is 11.4. The summed E-state index contributed by atoms with van der Waals surface area (Å²) in [4.78, 5) is 12.9. The van der Waals surface area contributed by atoms with Crippen molar-refractivity contribution in [1.29, 1.82) is 0 Å². The van der Waals surface area contributed by atoms with E-state index in [4.69, 9.17) is 10.5 Å². The molecule has 86 valence electrons. The minimum Gasteiger partial charge on any atom is -0.371 e. The molecule has 1 heterocycles. The molecule has 4 nitrogen and oxygen atoms in total. The number of morpholine rings is 1. The van der Waals surface area contributed by atoms with Gasteiger partial charge in [0, 0.05) is 13.1 Å². The van der Waals surface area contributed by atoms with Crippen LogP contribution in [-0.2, 0) is 9.53 Å². The Morgan fingerprint density at radius 2 is 2.19 bits per heavy atom. The molecule has 1 aliphatic heterocycles. The van der Waals surface area contributed by atoms with Crippen LogP contribution in [0.25, 0.3) is 0 Å². The van der Waals surface area contributed by atoms with Crippen molar-refractivity contribution in [3.05, 3.63) is 35.9 Å². The fourth-order valence-electron chi connectivity index (χ4n) is 1.94. The number of amides is 1. The molecule has 2 rings (SSSR count). The Hall–Kier alpha value is -1.39. The van der Waals surface area contributed by atoms with Gasteiger partial charge in [-0.15, -0.1) is 0 Å². The molecule has 0 spiro atoms. The normalized spacial score (nSPS) is 21.9. The van der Waals surface area contributed by atoms with E-state index in [9.17, 15) is 4.79 Å². The van der Waals surface area contributed by atoms with Crippen molar-refractivity contribution in [2.75, 3.05) is 26.2 Å². The van der Waals surface area contributed by atoms with E-state index < -0.39 is 0 Å². The first-order valence-corrected chi connectivity index (χ1v) is 5.43. The molecule has 1 aromatic carbocycles. The minimum atomic E-state index is -0.284. The molecular weight excluding hydrogens is 204 g/mol. The van der Waals surface area contributed by atoms with Crippen LogP contribution in [0.15, 0.2) is 30.3 Å². The van der Waals surface area contributed by atoms with Gasteiger partial charge < -0.3 is 10.5 Å². The Bertz CT molecular complexity index is 353. The number of primary amides is 1. The average Bonchev–Trinajstić information content (AvgIpc) is 2.30. The molecule has 1 aliphatic rings. The van der Waals surface area contributed by atoms with Gasteiger partial charge in [-0.05, 0) is 5.56 Å². The monoisotopic (exact) mass is 220 g/mol. The van der Waals surface area contributed by atoms with E-state index in [0.29, 0.717) is 13.2 Å². The van der Waals surface area contributed by atoms with Gasteiger partial charge in [0.1, 0.15) is 0 Å². The predicted molar refractivity (Wildman–Crippen MR) is 60.8 cm³/mol. The molecule has 0 aromatic heterocycles. The van der Waals surface area contributed by atoms with Crippen LogP contribution in [0.3, 0.4) is 0 Å². The van der Waals surface area contributed by atoms with E-state index in [1.54, 1.807) is 0 Å². The van der Waals surface area contributed by atoms with Gasteiger partial charge >= 0.3 is 0 Å². The third kappa shape index (κ3) is 2.81. The number of rotatable bonds is 3. The van der Waals surface area contributed by atoms with Crippen molar-refractivity contribution >= 4 is 5.91 Å². The van der Waals surface area contributed by atoms with Crippen LogP contribution < -0.4 is 5.73 Å². The molecule has 0 aliphatic carbocycles. The summed E-state index contributed by atoms with van der Waals surface area (Å²) in [7, 11) is 0. The maximum absolute atomic E-state index is 10.9. The maximum atomic E-state index is 10.9. The van der Waals surface area contributed by atoms with Crippen molar-refractivity contribution < 1.29 is 9.53 Å². The number of carbonyl (C=O) groups is 1. The molecule has 4 heteroatoms. The number of benzene rings is 1. The second kappa shape index (κ2) is 5.09. The molecule has 0 saturated carbocycles. The number of nitrogens with two attached hydrogens (primary N) is 1. The van der Waals surface area contributed by atoms with Crippen LogP contribution in [0.2, 0.25) is 0 Å². The topological polar surface area (TPSA) is 55.6 Å². The summed E-state index contributed by atoms with van der Waals surface area (Å²) < 4.78 is 5.68. The van der Waals surface area contributed by atoms with Crippen molar-refractivity contribution in [2.45, 2.75) is 6.10 Å². The summed E-state index contributed by atoms with van der Waals surface area (Å²) in [5.41, 5.74) is 6.34. The first-order valence-electron chi connectivity index (χ1n) is 5.43. The van der Waals surface area contributed by atoms with Crippen LogP contribution in [0.5, 0.6) is 0 Å². The molecular formula is C12H16N2O2. The summed E-state index contributed by atoms with van der Waals surface area (Å²) in [6.45, 7) is 2.46. The molecule has 1 amide bonds. The minimum absolute atomic E-state index is 0.0503. The van der Waals surface area contributed by atoms with E-state index in [1.807, 2.05) is 35.2 Å². The summed E-state index contributed by atoms with van der Waals surface area (Å²) in [5.74, 6) is -0.284. The van der Waals surface area contributed by atoms with Gasteiger partial charge in [-0.1, -0.05) is 30.3 Å². The SMILES string of the molecule is NC(=O)CN1CCOC(c2ccccc2)C1. The molecule has 0 radical (unpaired) electrons. The van der Waals surface area contributed by atoms with Crippen LogP contribution >= 0.6 is 0 Å². The van der Waals surface area contributed by atoms with Gasteiger partial charge in [0.15, 0.2) is 0 Å². The Morgan fingerprint density at radius 3 is 2.88 bits per heavy atom. The number of nitrogens with zero attached hydrogens (tertiary/aromatic N) is 1. The third-order valence-electron chi connectivity index (χ3n) is 2.70. The first-order chi connectivity index (χ1) is 7.75. The van der Waals surface area contributed by atoms with Gasteiger partial charge in [0.25, 0.3) is 0 Å². The van der Waals surface area contributed by atoms with E-state index >= 15 is 0 Å². The highest BCUT2D eigenvalue weighted by atomic mass is 16.5. The first kappa shape index (κ1) is 11.1. The van der Waals surface area contributed by atoms with Gasteiger partial charge in [-0.3, -0.25) is 9.69 Å². The standard InChI is InChI=1S/C12H16N2O2/c13-12(15)9-14-6-7-16-11(8-14)10-4-2-1-3-5-10/h1-5,11H,6-9H2,(H2,13,15). The highest BCUT2D eigenvalue weighted by Gasteiger charge is 2.22. The Balaban J connectivity index is 1.99. The molecule has 1 fully saturated rings. The average molecular weight is 220 g/mol. The lowest BCUT2D eigenvalue weighted by atomic mass is 10.1. The maximum Gasteiger partial charge on any atom is 0.231 e. The number of carbonyl (C=O) groups excluding carboxylic acids is 1. The second-order valence-corrected chi connectivity index (χ2v) is 3.97. The highest BCUT2D eigenvalue weighted by molar-refractivity contribution is 5.75. The number of hydrogen-bond donors (Lipinski definition) is 1. The van der Waals surface area contributed by atoms with Crippen molar-refractivity contribution in [3.63, 3.8) is 0 Å². The lowest BCUT2D eigenvalue weighted by Gasteiger charge is -2.32. The van der Waals surface area contributed by atoms with Gasteiger partial charge in [-0.25, -0.2) is 0 Å². The smallest absolute Gasteiger partial charge is 0.231 e. The van der Waals surface area contributed by atoms with Crippen LogP contribution in [0, 0.1) is 0 Å². The van der Waals surface area contributed by atoms with Crippen molar-refractivity contribution in [2.24, 2.45) is 5.73 Å². The highest BCUT2D eigenvalue weighted by Crippen LogP contribution is 2.21. The summed E-state index contributed by atoms with van der Waals surface area (Å²) in [6.07, 6.45) is 0.0503. The molecule has 0 bridgehead atoms. The van der Waals surface area contributed by atoms with E-state index in [1.165, 1.54) is 0 Å². The number of ether oxygens (including phenoxy) is 1. The quantitative estimate of drug-likeness (QED) is 0.809. The molecule has 1 atom stereocenters. The van der Waals surface area contributed by atoms with E-state index in [-0.39, 0.29) is 12.0 Å². The van der Waals surface area contributed by atoms with Gasteiger partial charge in [0.2, 0.25) is 5.91 Å². The van der Waals surface area contributed by atoms with E-state index in [0.717, 1.165) is 18.7 Å². The van der Waals surface area contributed by atoms with Gasteiger partial charge in [-0.2, -0.15) is 0 Å². The zero-order valence-electron chi connectivity index (χ0n) is 9.13. The summed E-state index contributed by atoms with van der Waals surface area (Å²) in [5, 5.41) is 0. The van der Waals surface area contributed by atoms with Crippen LogP contribution in [0.4, 0.5) is 0 Å². The molecule has 16 heavy (non-hydrogen) atoms. The number of hydrogen-bond acceptors (Lipinski definition) is 3. The third-order valence-corrected chi connectivity index (χ3v) is 2.70. The Kier molecular flexibility index (Phi) is 3.54. The molecule has 1 unspecified atom stereocenters. The lowest BCUT2D eigenvalue weighted by Crippen LogP contribution is -2.42. The zero-order valence-corrected chi connectivity index (χ0v) is 9.13. The second-order valence-electron chi connectivity index (χ2n) is 3.97. The summed E-state index contributed by atoms with van der Waals surface area (Å²) in [6, 6.07) is 10.0. The van der Waals surface area contributed by atoms with Crippen LogP contribution in [0.1, 0.15) is 11.7 Å². The van der Waals surface area contributed by atoms with Gasteiger partial charge in [0.05, 0.1) is 19.3 Å². The molecule has 1 aromatic rings. The lowest BCUT2D eigenvalue weighted by molar-refractivity contribution is -0.121. The fraction of sp³-hybridized carbons (Fsp3) is 0.417. The van der Waals surface area contributed by atoms with Crippen molar-refractivity contribution in [3.8, 4) is 0 Å². The van der Waals surface area contributed by atoms with Crippen LogP contribution in [-0.4, -0.2) is 37.0 Å². The fourth-order valence-corrected chi connectivity index (χ4v) is 1.94. The molecule has 1 saturated heterocycles.